The molecule has 29 heavy (non-hydrogen) atoms. The number of carbonyl (C=O) groups is 1. The highest BCUT2D eigenvalue weighted by atomic mass is 32.2. The lowest BCUT2D eigenvalue weighted by Crippen LogP contribution is -2.41. The van der Waals surface area contributed by atoms with E-state index < -0.39 is 21.5 Å². The van der Waals surface area contributed by atoms with Crippen LogP contribution in [0.4, 0.5) is 5.69 Å². The number of anilines is 1. The van der Waals surface area contributed by atoms with Gasteiger partial charge < -0.3 is 9.47 Å². The molecule has 0 N–H and O–H groups in total. The van der Waals surface area contributed by atoms with Gasteiger partial charge in [-0.05, 0) is 31.5 Å². The Hall–Kier alpha value is -2.93. The molecule has 1 aromatic heterocycles. The standard InChI is InChI=1S/C22H25N3O3S/c1-18(2)25(20-11-7-4-8-12-20)22(26)17-29(27,28)16-21-23-13-14-24(21)15-19-9-5-3-6-10-19/h3-14,18H,15-17H2,1-2H3. The Kier molecular flexibility index (Phi) is 6.49. The van der Waals surface area contributed by atoms with Crippen LogP contribution in [0.15, 0.2) is 73.1 Å². The van der Waals surface area contributed by atoms with E-state index in [9.17, 15) is 13.2 Å². The molecule has 2 aromatic carbocycles. The fourth-order valence-electron chi connectivity index (χ4n) is 3.23. The number of hydrogen-bond acceptors (Lipinski definition) is 4. The summed E-state index contributed by atoms with van der Waals surface area (Å²) in [7, 11) is -3.68. The average molecular weight is 412 g/mol. The van der Waals surface area contributed by atoms with Crippen LogP contribution in [0.2, 0.25) is 0 Å². The van der Waals surface area contributed by atoms with Gasteiger partial charge in [0.05, 0.1) is 0 Å². The number of rotatable bonds is 8. The molecule has 0 unspecified atom stereocenters. The second kappa shape index (κ2) is 9.05. The number of amides is 1. The first-order chi connectivity index (χ1) is 13.9. The van der Waals surface area contributed by atoms with Crippen molar-refractivity contribution in [2.24, 2.45) is 0 Å². The SMILES string of the molecule is CC(C)N(C(=O)CS(=O)(=O)Cc1nccn1Cc1ccccc1)c1ccccc1. The molecule has 0 atom stereocenters. The van der Waals surface area contributed by atoms with Gasteiger partial charge in [-0.15, -0.1) is 0 Å². The van der Waals surface area contributed by atoms with Crippen molar-refractivity contribution >= 4 is 21.4 Å². The minimum Gasteiger partial charge on any atom is -0.330 e. The zero-order chi connectivity index (χ0) is 20.9. The largest absolute Gasteiger partial charge is 0.330 e. The molecule has 1 heterocycles. The Bertz CT molecular complexity index is 1050. The van der Waals surface area contributed by atoms with E-state index in [1.807, 2.05) is 62.4 Å². The third-order valence-corrected chi connectivity index (χ3v) is 5.89. The molecule has 0 radical (unpaired) electrons. The highest BCUT2D eigenvalue weighted by molar-refractivity contribution is 7.91. The first-order valence-corrected chi connectivity index (χ1v) is 11.3. The summed E-state index contributed by atoms with van der Waals surface area (Å²) in [6, 6.07) is 18.7. The summed E-state index contributed by atoms with van der Waals surface area (Å²) in [5.41, 5.74) is 1.74. The summed E-state index contributed by atoms with van der Waals surface area (Å²) in [6.07, 6.45) is 3.34. The number of nitrogens with zero attached hydrogens (tertiary/aromatic N) is 3. The minimum absolute atomic E-state index is 0.153. The second-order valence-electron chi connectivity index (χ2n) is 7.18. The van der Waals surface area contributed by atoms with E-state index in [1.165, 1.54) is 4.90 Å². The van der Waals surface area contributed by atoms with Gasteiger partial charge in [0.15, 0.2) is 9.84 Å². The Labute approximate surface area is 171 Å². The summed E-state index contributed by atoms with van der Waals surface area (Å²) in [4.78, 5) is 18.5. The van der Waals surface area contributed by atoms with Crippen molar-refractivity contribution < 1.29 is 13.2 Å². The Morgan fingerprint density at radius 3 is 2.28 bits per heavy atom. The van der Waals surface area contributed by atoms with Crippen LogP contribution in [0, 0.1) is 0 Å². The lowest BCUT2D eigenvalue weighted by molar-refractivity contribution is -0.116. The molecule has 0 aliphatic carbocycles. The molecule has 1 amide bonds. The second-order valence-corrected chi connectivity index (χ2v) is 9.25. The monoisotopic (exact) mass is 411 g/mol. The minimum atomic E-state index is -3.68. The van der Waals surface area contributed by atoms with E-state index in [0.29, 0.717) is 18.1 Å². The molecule has 0 aliphatic heterocycles. The van der Waals surface area contributed by atoms with Crippen LogP contribution in [-0.4, -0.2) is 35.7 Å². The zero-order valence-corrected chi connectivity index (χ0v) is 17.4. The maximum absolute atomic E-state index is 12.8. The Balaban J connectivity index is 1.73. The topological polar surface area (TPSA) is 72.3 Å². The van der Waals surface area contributed by atoms with Crippen LogP contribution in [-0.2, 0) is 26.9 Å². The lowest BCUT2D eigenvalue weighted by atomic mass is 10.2. The van der Waals surface area contributed by atoms with Crippen molar-refractivity contribution in [2.45, 2.75) is 32.2 Å². The van der Waals surface area contributed by atoms with Gasteiger partial charge in [-0.1, -0.05) is 48.5 Å². The smallest absolute Gasteiger partial charge is 0.242 e. The van der Waals surface area contributed by atoms with E-state index in [2.05, 4.69) is 4.98 Å². The van der Waals surface area contributed by atoms with Crippen LogP contribution in [0.3, 0.4) is 0 Å². The molecular weight excluding hydrogens is 386 g/mol. The molecule has 0 aliphatic rings. The number of para-hydroxylation sites is 1. The fraction of sp³-hybridized carbons (Fsp3) is 0.273. The highest BCUT2D eigenvalue weighted by Crippen LogP contribution is 2.18. The first kappa shape index (κ1) is 20.8. The molecule has 0 saturated heterocycles. The van der Waals surface area contributed by atoms with Gasteiger partial charge in [0.25, 0.3) is 0 Å². The van der Waals surface area contributed by atoms with Crippen molar-refractivity contribution in [1.82, 2.24) is 9.55 Å². The predicted octanol–water partition coefficient (Wildman–Crippen LogP) is 3.29. The van der Waals surface area contributed by atoms with Gasteiger partial charge in [0.2, 0.25) is 5.91 Å². The van der Waals surface area contributed by atoms with Crippen LogP contribution < -0.4 is 4.90 Å². The van der Waals surface area contributed by atoms with Crippen LogP contribution >= 0.6 is 0 Å². The third kappa shape index (κ3) is 5.54. The van der Waals surface area contributed by atoms with E-state index in [0.717, 1.165) is 5.56 Å². The Morgan fingerprint density at radius 1 is 1.03 bits per heavy atom. The number of sulfone groups is 1. The molecule has 7 heteroatoms. The van der Waals surface area contributed by atoms with Crippen LogP contribution in [0.25, 0.3) is 0 Å². The number of aromatic nitrogens is 2. The normalized spacial score (nSPS) is 11.6. The van der Waals surface area contributed by atoms with Crippen molar-refractivity contribution in [3.8, 4) is 0 Å². The third-order valence-electron chi connectivity index (χ3n) is 4.51. The van der Waals surface area contributed by atoms with Crippen LogP contribution in [0.1, 0.15) is 25.2 Å². The maximum Gasteiger partial charge on any atom is 0.242 e. The average Bonchev–Trinajstić information content (AvgIpc) is 3.08. The number of benzene rings is 2. The number of imidazole rings is 1. The lowest BCUT2D eigenvalue weighted by Gasteiger charge is -2.26. The molecule has 0 fully saturated rings. The Morgan fingerprint density at radius 2 is 1.66 bits per heavy atom. The summed E-state index contributed by atoms with van der Waals surface area (Å²) in [5, 5.41) is 0. The molecule has 0 saturated carbocycles. The van der Waals surface area contributed by atoms with Gasteiger partial charge in [-0.25, -0.2) is 13.4 Å². The fourth-order valence-corrected chi connectivity index (χ4v) is 4.48. The summed E-state index contributed by atoms with van der Waals surface area (Å²) < 4.78 is 27.3. The van der Waals surface area contributed by atoms with E-state index in [-0.39, 0.29) is 11.8 Å². The zero-order valence-electron chi connectivity index (χ0n) is 16.6. The van der Waals surface area contributed by atoms with Crippen LogP contribution in [0.5, 0.6) is 0 Å². The van der Waals surface area contributed by atoms with E-state index in [4.69, 9.17) is 0 Å². The highest BCUT2D eigenvalue weighted by Gasteiger charge is 2.26. The van der Waals surface area contributed by atoms with E-state index in [1.54, 1.807) is 29.1 Å². The molecular formula is C22H25N3O3S. The van der Waals surface area contributed by atoms with Crippen molar-refractivity contribution in [2.75, 3.05) is 10.7 Å². The maximum atomic E-state index is 12.8. The first-order valence-electron chi connectivity index (χ1n) is 9.47. The molecule has 6 nitrogen and oxygen atoms in total. The van der Waals surface area contributed by atoms with Gasteiger partial charge in [-0.3, -0.25) is 4.79 Å². The van der Waals surface area contributed by atoms with Crippen molar-refractivity contribution in [3.05, 3.63) is 84.4 Å². The van der Waals surface area contributed by atoms with Crippen molar-refractivity contribution in [3.63, 3.8) is 0 Å². The molecule has 3 rings (SSSR count). The predicted molar refractivity (Wildman–Crippen MR) is 114 cm³/mol. The molecule has 0 spiro atoms. The molecule has 152 valence electrons. The summed E-state index contributed by atoms with van der Waals surface area (Å²) in [5.74, 6) is -0.845. The number of hydrogen-bond donors (Lipinski definition) is 0. The van der Waals surface area contributed by atoms with Gasteiger partial charge in [0, 0.05) is 30.7 Å². The molecule has 0 bridgehead atoms. The summed E-state index contributed by atoms with van der Waals surface area (Å²) >= 11 is 0. The van der Waals surface area contributed by atoms with Gasteiger partial charge in [-0.2, -0.15) is 0 Å². The van der Waals surface area contributed by atoms with E-state index >= 15 is 0 Å². The van der Waals surface area contributed by atoms with Gasteiger partial charge >= 0.3 is 0 Å². The van der Waals surface area contributed by atoms with Crippen molar-refractivity contribution in [1.29, 1.82) is 0 Å². The van der Waals surface area contributed by atoms with Gasteiger partial charge in [0.1, 0.15) is 17.3 Å². The number of carbonyl (C=O) groups excluding carboxylic acids is 1. The molecule has 3 aromatic rings. The quantitative estimate of drug-likeness (QED) is 0.570. The summed E-state index contributed by atoms with van der Waals surface area (Å²) in [6.45, 7) is 4.26.